The molecule has 8 heteroatoms. The first kappa shape index (κ1) is 12.4. The second-order valence-corrected chi connectivity index (χ2v) is 4.64. The van der Waals surface area contributed by atoms with Crippen molar-refractivity contribution in [3.63, 3.8) is 0 Å². The molecular formula is C12H15N7O. The summed E-state index contributed by atoms with van der Waals surface area (Å²) >= 11 is 0. The predicted molar refractivity (Wildman–Crippen MR) is 73.6 cm³/mol. The first-order chi connectivity index (χ1) is 9.56. The van der Waals surface area contributed by atoms with E-state index in [1.807, 2.05) is 25.6 Å². The number of aryl methyl sites for hydroxylation is 2. The molecule has 0 saturated carbocycles. The average molecular weight is 273 g/mol. The van der Waals surface area contributed by atoms with E-state index in [2.05, 4.69) is 25.7 Å². The molecule has 0 amide bonds. The molecule has 0 atom stereocenters. The summed E-state index contributed by atoms with van der Waals surface area (Å²) in [5, 5.41) is 17.9. The molecule has 20 heavy (non-hydrogen) atoms. The van der Waals surface area contributed by atoms with Gasteiger partial charge < -0.3 is 5.32 Å². The zero-order valence-corrected chi connectivity index (χ0v) is 11.5. The third-order valence-electron chi connectivity index (χ3n) is 3.38. The van der Waals surface area contributed by atoms with Crippen molar-refractivity contribution in [1.82, 2.24) is 29.6 Å². The van der Waals surface area contributed by atoms with Crippen LogP contribution in [0.1, 0.15) is 17.0 Å². The highest BCUT2D eigenvalue weighted by Crippen LogP contribution is 2.13. The van der Waals surface area contributed by atoms with Gasteiger partial charge in [-0.1, -0.05) is 0 Å². The number of fused-ring (bicyclic) bond motifs is 1. The molecule has 3 aromatic heterocycles. The SMILES string of the molecule is Cc1nn(C)c(C)c1CNc1ccc2n[nH]c(=O)n2n1. The van der Waals surface area contributed by atoms with E-state index in [4.69, 9.17) is 0 Å². The maximum Gasteiger partial charge on any atom is 0.364 e. The maximum atomic E-state index is 11.5. The van der Waals surface area contributed by atoms with Crippen LogP contribution in [0.4, 0.5) is 5.82 Å². The molecule has 0 radical (unpaired) electrons. The summed E-state index contributed by atoms with van der Waals surface area (Å²) in [5.41, 5.74) is 3.37. The van der Waals surface area contributed by atoms with Crippen LogP contribution in [0.3, 0.4) is 0 Å². The quantitative estimate of drug-likeness (QED) is 0.719. The summed E-state index contributed by atoms with van der Waals surface area (Å²) in [6.45, 7) is 4.60. The van der Waals surface area contributed by atoms with Crippen molar-refractivity contribution < 1.29 is 0 Å². The Morgan fingerprint density at radius 1 is 1.30 bits per heavy atom. The summed E-state index contributed by atoms with van der Waals surface area (Å²) in [6, 6.07) is 3.52. The molecule has 0 aromatic carbocycles. The van der Waals surface area contributed by atoms with Gasteiger partial charge in [0.05, 0.1) is 5.69 Å². The smallest absolute Gasteiger partial charge is 0.364 e. The summed E-state index contributed by atoms with van der Waals surface area (Å²) in [5.74, 6) is 0.614. The van der Waals surface area contributed by atoms with Gasteiger partial charge >= 0.3 is 5.69 Å². The van der Waals surface area contributed by atoms with E-state index in [0.29, 0.717) is 18.0 Å². The summed E-state index contributed by atoms with van der Waals surface area (Å²) in [4.78, 5) is 11.5. The molecule has 2 N–H and O–H groups in total. The third kappa shape index (κ3) is 1.94. The molecule has 0 fully saturated rings. The molecule has 0 spiro atoms. The van der Waals surface area contributed by atoms with Gasteiger partial charge in [0, 0.05) is 24.8 Å². The fourth-order valence-corrected chi connectivity index (χ4v) is 2.15. The van der Waals surface area contributed by atoms with Gasteiger partial charge in [-0.25, -0.2) is 9.89 Å². The number of H-pyrrole nitrogens is 1. The van der Waals surface area contributed by atoms with Crippen molar-refractivity contribution in [2.24, 2.45) is 7.05 Å². The molecule has 0 saturated heterocycles. The van der Waals surface area contributed by atoms with Crippen LogP contribution < -0.4 is 11.0 Å². The summed E-state index contributed by atoms with van der Waals surface area (Å²) < 4.78 is 3.08. The Labute approximate surface area is 114 Å². The molecule has 0 unspecified atom stereocenters. The first-order valence-electron chi connectivity index (χ1n) is 6.23. The minimum absolute atomic E-state index is 0.350. The Bertz CT molecular complexity index is 826. The van der Waals surface area contributed by atoms with Crippen LogP contribution in [0, 0.1) is 13.8 Å². The van der Waals surface area contributed by atoms with Crippen LogP contribution in [0.15, 0.2) is 16.9 Å². The number of hydrogen-bond acceptors (Lipinski definition) is 5. The number of hydrogen-bond donors (Lipinski definition) is 2. The highest BCUT2D eigenvalue weighted by Gasteiger charge is 2.09. The van der Waals surface area contributed by atoms with E-state index in [-0.39, 0.29) is 5.69 Å². The molecule has 104 valence electrons. The molecule has 0 aliphatic heterocycles. The van der Waals surface area contributed by atoms with Crippen LogP contribution >= 0.6 is 0 Å². The molecule has 3 rings (SSSR count). The number of aromatic nitrogens is 6. The highest BCUT2D eigenvalue weighted by atomic mass is 16.2. The van der Waals surface area contributed by atoms with E-state index in [9.17, 15) is 4.79 Å². The van der Waals surface area contributed by atoms with Crippen LogP contribution in [0.25, 0.3) is 5.65 Å². The van der Waals surface area contributed by atoms with Crippen molar-refractivity contribution in [3.05, 3.63) is 39.6 Å². The van der Waals surface area contributed by atoms with Gasteiger partial charge in [-0.2, -0.15) is 14.7 Å². The van der Waals surface area contributed by atoms with Crippen molar-refractivity contribution in [1.29, 1.82) is 0 Å². The predicted octanol–water partition coefficient (Wildman–Crippen LogP) is 0.380. The minimum Gasteiger partial charge on any atom is -0.364 e. The van der Waals surface area contributed by atoms with E-state index in [1.165, 1.54) is 4.52 Å². The fraction of sp³-hybridized carbons (Fsp3) is 0.333. The van der Waals surface area contributed by atoms with E-state index < -0.39 is 0 Å². The van der Waals surface area contributed by atoms with Crippen LogP contribution in [-0.4, -0.2) is 29.6 Å². The highest BCUT2D eigenvalue weighted by molar-refractivity contribution is 5.43. The van der Waals surface area contributed by atoms with E-state index >= 15 is 0 Å². The van der Waals surface area contributed by atoms with Crippen molar-refractivity contribution >= 4 is 11.5 Å². The Kier molecular flexibility index (Phi) is 2.78. The molecular weight excluding hydrogens is 258 g/mol. The van der Waals surface area contributed by atoms with Crippen LogP contribution in [-0.2, 0) is 13.6 Å². The molecule has 3 aromatic rings. The van der Waals surface area contributed by atoms with E-state index in [1.54, 1.807) is 12.1 Å². The fourth-order valence-electron chi connectivity index (χ4n) is 2.15. The lowest BCUT2D eigenvalue weighted by Gasteiger charge is -2.06. The van der Waals surface area contributed by atoms with E-state index in [0.717, 1.165) is 17.0 Å². The number of aromatic amines is 1. The summed E-state index contributed by atoms with van der Waals surface area (Å²) in [6.07, 6.45) is 0. The number of anilines is 1. The van der Waals surface area contributed by atoms with Gasteiger partial charge in [0.15, 0.2) is 5.65 Å². The third-order valence-corrected chi connectivity index (χ3v) is 3.38. The molecule has 0 aliphatic rings. The van der Waals surface area contributed by atoms with Gasteiger partial charge in [-0.15, -0.1) is 5.10 Å². The average Bonchev–Trinajstić information content (AvgIpc) is 2.90. The Morgan fingerprint density at radius 3 is 2.80 bits per heavy atom. The number of nitrogens with zero attached hydrogens (tertiary/aromatic N) is 5. The number of rotatable bonds is 3. The van der Waals surface area contributed by atoms with Gasteiger partial charge in [0.1, 0.15) is 5.82 Å². The van der Waals surface area contributed by atoms with Crippen molar-refractivity contribution in [2.45, 2.75) is 20.4 Å². The second kappa shape index (κ2) is 4.48. The second-order valence-electron chi connectivity index (χ2n) is 4.64. The Balaban J connectivity index is 1.86. The zero-order chi connectivity index (χ0) is 14.3. The Hall–Kier alpha value is -2.64. The lowest BCUT2D eigenvalue weighted by Crippen LogP contribution is -2.14. The topological polar surface area (TPSA) is 92.9 Å². The lowest BCUT2D eigenvalue weighted by atomic mass is 10.2. The van der Waals surface area contributed by atoms with Crippen molar-refractivity contribution in [3.8, 4) is 0 Å². The standard InChI is InChI=1S/C12H15N7O/c1-7-9(8(2)18(3)16-7)6-13-10-4-5-11-14-15-12(20)19(11)17-10/h4-5H,6H2,1-3H3,(H,13,17)(H,15,20). The zero-order valence-electron chi connectivity index (χ0n) is 11.5. The molecule has 0 aliphatic carbocycles. The maximum absolute atomic E-state index is 11.5. The van der Waals surface area contributed by atoms with Crippen LogP contribution in [0.2, 0.25) is 0 Å². The number of nitrogens with one attached hydrogen (secondary N) is 2. The van der Waals surface area contributed by atoms with Gasteiger partial charge in [-0.3, -0.25) is 4.68 Å². The molecule has 3 heterocycles. The van der Waals surface area contributed by atoms with Crippen LogP contribution in [0.5, 0.6) is 0 Å². The largest absolute Gasteiger partial charge is 0.364 e. The van der Waals surface area contributed by atoms with Gasteiger partial charge in [0.25, 0.3) is 0 Å². The normalized spacial score (nSPS) is 11.2. The summed E-state index contributed by atoms with van der Waals surface area (Å²) in [7, 11) is 1.92. The van der Waals surface area contributed by atoms with Gasteiger partial charge in [0.2, 0.25) is 0 Å². The molecule has 8 nitrogen and oxygen atoms in total. The van der Waals surface area contributed by atoms with Gasteiger partial charge in [-0.05, 0) is 26.0 Å². The monoisotopic (exact) mass is 273 g/mol. The lowest BCUT2D eigenvalue weighted by molar-refractivity contribution is 0.730. The minimum atomic E-state index is -0.350. The first-order valence-corrected chi connectivity index (χ1v) is 6.23. The van der Waals surface area contributed by atoms with Crippen molar-refractivity contribution in [2.75, 3.05) is 5.32 Å². The molecule has 0 bridgehead atoms. The Morgan fingerprint density at radius 2 is 2.10 bits per heavy atom.